The van der Waals surface area contributed by atoms with E-state index in [2.05, 4.69) is 4.72 Å². The molecule has 0 aliphatic carbocycles. The summed E-state index contributed by atoms with van der Waals surface area (Å²) in [6, 6.07) is 6.62. The summed E-state index contributed by atoms with van der Waals surface area (Å²) in [6.07, 6.45) is 0. The Kier molecular flexibility index (Phi) is 7.43. The molecule has 2 aromatic rings. The van der Waals surface area contributed by atoms with E-state index in [1.807, 2.05) is 0 Å². The topological polar surface area (TPSA) is 86.8 Å². The zero-order valence-electron chi connectivity index (χ0n) is 18.1. The Labute approximate surface area is 190 Å². The van der Waals surface area contributed by atoms with Crippen LogP contribution in [-0.4, -0.2) is 62.3 Å². The van der Waals surface area contributed by atoms with Crippen LogP contribution in [0.5, 0.6) is 0 Å². The van der Waals surface area contributed by atoms with Crippen LogP contribution in [0.15, 0.2) is 47.4 Å². The molecule has 2 amide bonds. The van der Waals surface area contributed by atoms with Crippen LogP contribution in [0.25, 0.3) is 0 Å². The minimum Gasteiger partial charge on any atom is -0.338 e. The fraction of sp³-hybridized carbons (Fsp3) is 0.364. The van der Waals surface area contributed by atoms with Gasteiger partial charge in [-0.15, -0.1) is 0 Å². The Morgan fingerprint density at radius 1 is 0.879 bits per heavy atom. The number of carbonyl (C=O) groups is 2. The highest BCUT2D eigenvalue weighted by Gasteiger charge is 2.34. The van der Waals surface area contributed by atoms with Gasteiger partial charge in [0.15, 0.2) is 11.6 Å². The third-order valence-corrected chi connectivity index (χ3v) is 6.86. The molecule has 0 radical (unpaired) electrons. The second-order valence-electron chi connectivity index (χ2n) is 8.02. The number of sulfonamides is 1. The second-order valence-corrected chi connectivity index (χ2v) is 9.70. The molecule has 1 heterocycles. The molecule has 33 heavy (non-hydrogen) atoms. The van der Waals surface area contributed by atoms with Crippen molar-refractivity contribution < 1.29 is 31.2 Å². The van der Waals surface area contributed by atoms with Gasteiger partial charge in [-0.3, -0.25) is 9.59 Å². The lowest BCUT2D eigenvalue weighted by Gasteiger charge is -2.37. The van der Waals surface area contributed by atoms with E-state index in [0.717, 1.165) is 24.3 Å². The smallest absolute Gasteiger partial charge is 0.254 e. The number of amides is 2. The van der Waals surface area contributed by atoms with Crippen molar-refractivity contribution >= 4 is 21.8 Å². The Morgan fingerprint density at radius 2 is 1.48 bits per heavy atom. The van der Waals surface area contributed by atoms with Gasteiger partial charge >= 0.3 is 0 Å². The summed E-state index contributed by atoms with van der Waals surface area (Å²) in [4.78, 5) is 27.9. The first-order valence-electron chi connectivity index (χ1n) is 10.3. The van der Waals surface area contributed by atoms with Crippen molar-refractivity contribution in [1.82, 2.24) is 14.5 Å². The van der Waals surface area contributed by atoms with Gasteiger partial charge in [0, 0.05) is 31.7 Å². The zero-order chi connectivity index (χ0) is 24.3. The van der Waals surface area contributed by atoms with Crippen molar-refractivity contribution in [2.75, 3.05) is 26.2 Å². The van der Waals surface area contributed by atoms with Crippen LogP contribution >= 0.6 is 0 Å². The van der Waals surface area contributed by atoms with E-state index < -0.39 is 56.1 Å². The monoisotopic (exact) mass is 483 g/mol. The van der Waals surface area contributed by atoms with Gasteiger partial charge in [0.05, 0.1) is 0 Å². The van der Waals surface area contributed by atoms with Crippen molar-refractivity contribution in [1.29, 1.82) is 0 Å². The highest BCUT2D eigenvalue weighted by atomic mass is 32.2. The molecule has 1 N–H and O–H groups in total. The first-order valence-corrected chi connectivity index (χ1v) is 11.8. The van der Waals surface area contributed by atoms with E-state index in [-0.39, 0.29) is 31.7 Å². The molecule has 1 saturated heterocycles. The van der Waals surface area contributed by atoms with E-state index >= 15 is 0 Å². The average Bonchev–Trinajstić information content (AvgIpc) is 2.78. The third kappa shape index (κ3) is 5.53. The summed E-state index contributed by atoms with van der Waals surface area (Å²) in [7, 11) is -4.29. The van der Waals surface area contributed by atoms with Gasteiger partial charge in [0.1, 0.15) is 16.8 Å². The Balaban J connectivity index is 1.68. The molecule has 11 heteroatoms. The molecule has 1 aliphatic heterocycles. The molecule has 7 nitrogen and oxygen atoms in total. The number of hydrogen-bond acceptors (Lipinski definition) is 4. The van der Waals surface area contributed by atoms with Crippen LogP contribution in [-0.2, 0) is 14.8 Å². The lowest BCUT2D eigenvalue weighted by molar-refractivity contribution is -0.135. The minimum absolute atomic E-state index is 0.00798. The molecule has 1 aliphatic rings. The van der Waals surface area contributed by atoms with Crippen molar-refractivity contribution in [2.45, 2.75) is 24.8 Å². The van der Waals surface area contributed by atoms with Crippen LogP contribution in [0.2, 0.25) is 0 Å². The number of halogens is 3. The Morgan fingerprint density at radius 3 is 2.06 bits per heavy atom. The maximum absolute atomic E-state index is 14.0. The molecular formula is C22H24F3N3O4S. The van der Waals surface area contributed by atoms with Gasteiger partial charge in [0.25, 0.3) is 5.91 Å². The van der Waals surface area contributed by atoms with Gasteiger partial charge in [-0.1, -0.05) is 26.0 Å². The molecule has 2 aromatic carbocycles. The summed E-state index contributed by atoms with van der Waals surface area (Å²) in [6.45, 7) is 3.84. The second kappa shape index (κ2) is 9.92. The van der Waals surface area contributed by atoms with E-state index in [1.165, 1.54) is 28.0 Å². The normalized spacial score (nSPS) is 15.6. The van der Waals surface area contributed by atoms with Gasteiger partial charge in [-0.05, 0) is 36.2 Å². The number of rotatable bonds is 6. The fourth-order valence-corrected chi connectivity index (χ4v) is 4.92. The van der Waals surface area contributed by atoms with Crippen molar-refractivity contribution in [3.63, 3.8) is 0 Å². The standard InChI is InChI=1S/C22H24F3N3O4S/c1-14(2)20(26-33(31,32)19-6-4-3-5-17(19)24)22(30)28-11-9-27(10-12-28)21(29)15-7-8-16(23)18(25)13-15/h3-8,13-14,20,26H,9-12H2,1-2H3/t20-/m0/s1. The fourth-order valence-electron chi connectivity index (χ4n) is 3.50. The highest BCUT2D eigenvalue weighted by molar-refractivity contribution is 7.89. The molecule has 0 saturated carbocycles. The molecular weight excluding hydrogens is 459 g/mol. The summed E-state index contributed by atoms with van der Waals surface area (Å²) >= 11 is 0. The zero-order valence-corrected chi connectivity index (χ0v) is 18.9. The third-order valence-electron chi connectivity index (χ3n) is 5.39. The van der Waals surface area contributed by atoms with Crippen LogP contribution in [0.1, 0.15) is 24.2 Å². The Bertz CT molecular complexity index is 1150. The first kappa shape index (κ1) is 24.7. The van der Waals surface area contributed by atoms with Gasteiger partial charge in [0.2, 0.25) is 15.9 Å². The molecule has 3 rings (SSSR count). The maximum Gasteiger partial charge on any atom is 0.254 e. The number of nitrogens with one attached hydrogen (secondary N) is 1. The van der Waals surface area contributed by atoms with E-state index in [4.69, 9.17) is 0 Å². The SMILES string of the molecule is CC(C)[C@H](NS(=O)(=O)c1ccccc1F)C(=O)N1CCN(C(=O)c2ccc(F)c(F)c2)CC1. The van der Waals surface area contributed by atoms with E-state index in [1.54, 1.807) is 13.8 Å². The minimum atomic E-state index is -4.29. The van der Waals surface area contributed by atoms with Crippen LogP contribution in [0, 0.1) is 23.4 Å². The molecule has 0 unspecified atom stereocenters. The molecule has 0 spiro atoms. The summed E-state index contributed by atoms with van der Waals surface area (Å²) in [5.41, 5.74) is -0.00798. The molecule has 0 aromatic heterocycles. The number of carbonyl (C=O) groups excluding carboxylic acids is 2. The number of piperazine rings is 1. The lowest BCUT2D eigenvalue weighted by atomic mass is 10.0. The van der Waals surface area contributed by atoms with E-state index in [9.17, 15) is 31.2 Å². The predicted molar refractivity (Wildman–Crippen MR) is 114 cm³/mol. The Hall–Kier alpha value is -2.92. The van der Waals surface area contributed by atoms with Gasteiger partial charge in [-0.2, -0.15) is 4.72 Å². The average molecular weight is 484 g/mol. The van der Waals surface area contributed by atoms with E-state index in [0.29, 0.717) is 0 Å². The molecule has 178 valence electrons. The first-order chi connectivity index (χ1) is 15.5. The molecule has 1 fully saturated rings. The highest BCUT2D eigenvalue weighted by Crippen LogP contribution is 2.18. The summed E-state index contributed by atoms with van der Waals surface area (Å²) < 4.78 is 68.2. The predicted octanol–water partition coefficient (Wildman–Crippen LogP) is 2.39. The quantitative estimate of drug-likeness (QED) is 0.684. The molecule has 1 atom stereocenters. The van der Waals surface area contributed by atoms with Gasteiger partial charge in [-0.25, -0.2) is 21.6 Å². The summed E-state index contributed by atoms with van der Waals surface area (Å²) in [5, 5.41) is 0. The van der Waals surface area contributed by atoms with Crippen molar-refractivity contribution in [3.8, 4) is 0 Å². The summed E-state index contributed by atoms with van der Waals surface area (Å²) in [5.74, 6) is -4.53. The van der Waals surface area contributed by atoms with Crippen LogP contribution in [0.3, 0.4) is 0 Å². The van der Waals surface area contributed by atoms with Crippen molar-refractivity contribution in [3.05, 3.63) is 65.5 Å². The maximum atomic E-state index is 14.0. The number of benzene rings is 2. The largest absolute Gasteiger partial charge is 0.338 e. The van der Waals surface area contributed by atoms with Crippen molar-refractivity contribution in [2.24, 2.45) is 5.92 Å². The van der Waals surface area contributed by atoms with Crippen LogP contribution in [0.4, 0.5) is 13.2 Å². The lowest BCUT2D eigenvalue weighted by Crippen LogP contribution is -2.57. The molecule has 0 bridgehead atoms. The van der Waals surface area contributed by atoms with Crippen LogP contribution < -0.4 is 4.72 Å². The number of hydrogen-bond donors (Lipinski definition) is 1. The van der Waals surface area contributed by atoms with Gasteiger partial charge < -0.3 is 9.80 Å². The number of nitrogens with zero attached hydrogens (tertiary/aromatic N) is 2.